The van der Waals surface area contributed by atoms with E-state index in [0.29, 0.717) is 5.92 Å². The summed E-state index contributed by atoms with van der Waals surface area (Å²) in [5.41, 5.74) is 3.14. The van der Waals surface area contributed by atoms with E-state index in [2.05, 4.69) is 23.8 Å². The monoisotopic (exact) mass is 150 g/mol. The Kier molecular flexibility index (Phi) is 2.22. The van der Waals surface area contributed by atoms with Crippen LogP contribution >= 0.6 is 0 Å². The second kappa shape index (κ2) is 2.99. The highest BCUT2D eigenvalue weighted by molar-refractivity contribution is 5.12. The minimum atomic E-state index is 0.474. The van der Waals surface area contributed by atoms with Crippen LogP contribution in [0.2, 0.25) is 0 Å². The van der Waals surface area contributed by atoms with E-state index in [-0.39, 0.29) is 0 Å². The zero-order chi connectivity index (χ0) is 8.43. The third-order valence-corrected chi connectivity index (χ3v) is 1.80. The number of hydrogen-bond acceptors (Lipinski definition) is 2. The first-order valence-corrected chi connectivity index (χ1v) is 3.91. The predicted molar refractivity (Wildman–Crippen MR) is 45.6 cm³/mol. The van der Waals surface area contributed by atoms with Gasteiger partial charge in [0.15, 0.2) is 0 Å². The molecule has 0 aliphatic carbocycles. The van der Waals surface area contributed by atoms with Gasteiger partial charge in [-0.15, -0.1) is 0 Å². The van der Waals surface area contributed by atoms with E-state index in [0.717, 1.165) is 17.1 Å². The van der Waals surface area contributed by atoms with Gasteiger partial charge in [-0.1, -0.05) is 13.8 Å². The van der Waals surface area contributed by atoms with Gasteiger partial charge in [-0.2, -0.15) is 0 Å². The molecule has 11 heavy (non-hydrogen) atoms. The summed E-state index contributed by atoms with van der Waals surface area (Å²) >= 11 is 0. The lowest BCUT2D eigenvalue weighted by Gasteiger charge is -2.05. The highest BCUT2D eigenvalue weighted by Crippen LogP contribution is 2.11. The Morgan fingerprint density at radius 2 is 1.82 bits per heavy atom. The SMILES string of the molecule is Cc1ncc(C(C)C)nc1C. The van der Waals surface area contributed by atoms with Gasteiger partial charge in [-0.05, 0) is 19.8 Å². The number of rotatable bonds is 1. The molecule has 1 aromatic heterocycles. The Morgan fingerprint density at radius 3 is 2.27 bits per heavy atom. The maximum Gasteiger partial charge on any atom is 0.0615 e. The van der Waals surface area contributed by atoms with Crippen molar-refractivity contribution in [2.75, 3.05) is 0 Å². The fraction of sp³-hybridized carbons (Fsp3) is 0.556. The molecule has 0 bridgehead atoms. The molecular formula is C9H14N2. The number of nitrogens with zero attached hydrogens (tertiary/aromatic N) is 2. The molecule has 0 saturated heterocycles. The molecule has 0 aromatic carbocycles. The smallest absolute Gasteiger partial charge is 0.0615 e. The molecule has 0 saturated carbocycles. The summed E-state index contributed by atoms with van der Waals surface area (Å²) in [6.45, 7) is 8.22. The maximum absolute atomic E-state index is 4.41. The van der Waals surface area contributed by atoms with E-state index in [4.69, 9.17) is 0 Å². The summed E-state index contributed by atoms with van der Waals surface area (Å²) < 4.78 is 0. The Morgan fingerprint density at radius 1 is 1.18 bits per heavy atom. The Balaban J connectivity index is 3.05. The molecule has 0 unspecified atom stereocenters. The predicted octanol–water partition coefficient (Wildman–Crippen LogP) is 2.22. The Bertz CT molecular complexity index is 254. The van der Waals surface area contributed by atoms with Crippen LogP contribution in [0, 0.1) is 13.8 Å². The van der Waals surface area contributed by atoms with Crippen LogP contribution < -0.4 is 0 Å². The third-order valence-electron chi connectivity index (χ3n) is 1.80. The summed E-state index contributed by atoms with van der Waals surface area (Å²) in [6.07, 6.45) is 1.85. The molecule has 0 aliphatic rings. The summed E-state index contributed by atoms with van der Waals surface area (Å²) in [5.74, 6) is 0.474. The van der Waals surface area contributed by atoms with Gasteiger partial charge in [0.05, 0.1) is 17.1 Å². The van der Waals surface area contributed by atoms with Gasteiger partial charge in [0.2, 0.25) is 0 Å². The molecule has 2 nitrogen and oxygen atoms in total. The molecule has 0 aliphatic heterocycles. The van der Waals surface area contributed by atoms with E-state index in [1.165, 1.54) is 0 Å². The highest BCUT2D eigenvalue weighted by atomic mass is 14.8. The fourth-order valence-corrected chi connectivity index (χ4v) is 0.838. The van der Waals surface area contributed by atoms with Gasteiger partial charge >= 0.3 is 0 Å². The van der Waals surface area contributed by atoms with Crippen LogP contribution in [0.3, 0.4) is 0 Å². The Labute approximate surface area is 67.7 Å². The zero-order valence-electron chi connectivity index (χ0n) is 7.55. The number of hydrogen-bond donors (Lipinski definition) is 0. The average molecular weight is 150 g/mol. The number of aryl methyl sites for hydroxylation is 2. The largest absolute Gasteiger partial charge is 0.258 e. The standard InChI is InChI=1S/C9H14N2/c1-6(2)9-5-10-7(3)8(4)11-9/h5-6H,1-4H3. The van der Waals surface area contributed by atoms with Crippen molar-refractivity contribution in [1.29, 1.82) is 0 Å². The van der Waals surface area contributed by atoms with E-state index >= 15 is 0 Å². The van der Waals surface area contributed by atoms with Crippen LogP contribution in [0.15, 0.2) is 6.20 Å². The second-order valence-electron chi connectivity index (χ2n) is 3.12. The summed E-state index contributed by atoms with van der Waals surface area (Å²) in [7, 11) is 0. The Hall–Kier alpha value is -0.920. The van der Waals surface area contributed by atoms with Crippen LogP contribution in [0.1, 0.15) is 36.8 Å². The molecule has 2 heteroatoms. The quantitative estimate of drug-likeness (QED) is 0.613. The average Bonchev–Trinajstić information content (AvgIpc) is 1.94. The summed E-state index contributed by atoms with van der Waals surface area (Å²) in [4.78, 5) is 8.65. The van der Waals surface area contributed by atoms with E-state index < -0.39 is 0 Å². The summed E-state index contributed by atoms with van der Waals surface area (Å²) in [5, 5.41) is 0. The molecule has 0 spiro atoms. The molecule has 1 rings (SSSR count). The van der Waals surface area contributed by atoms with Crippen molar-refractivity contribution in [1.82, 2.24) is 9.97 Å². The topological polar surface area (TPSA) is 25.8 Å². The van der Waals surface area contributed by atoms with Crippen LogP contribution in [0.5, 0.6) is 0 Å². The van der Waals surface area contributed by atoms with Crippen LogP contribution in [-0.2, 0) is 0 Å². The van der Waals surface area contributed by atoms with Crippen molar-refractivity contribution < 1.29 is 0 Å². The van der Waals surface area contributed by atoms with Crippen molar-refractivity contribution in [3.8, 4) is 0 Å². The van der Waals surface area contributed by atoms with E-state index in [1.54, 1.807) is 0 Å². The van der Waals surface area contributed by atoms with Crippen molar-refractivity contribution in [2.24, 2.45) is 0 Å². The zero-order valence-corrected chi connectivity index (χ0v) is 7.55. The van der Waals surface area contributed by atoms with E-state index in [1.807, 2.05) is 20.0 Å². The van der Waals surface area contributed by atoms with E-state index in [9.17, 15) is 0 Å². The lowest BCUT2D eigenvalue weighted by molar-refractivity contribution is 0.796. The molecule has 0 radical (unpaired) electrons. The third kappa shape index (κ3) is 1.76. The van der Waals surface area contributed by atoms with Crippen molar-refractivity contribution in [3.63, 3.8) is 0 Å². The van der Waals surface area contributed by atoms with Gasteiger partial charge in [-0.3, -0.25) is 9.97 Å². The first-order valence-electron chi connectivity index (χ1n) is 3.91. The first kappa shape index (κ1) is 8.18. The fourth-order valence-electron chi connectivity index (χ4n) is 0.838. The molecule has 60 valence electrons. The molecular weight excluding hydrogens is 136 g/mol. The lowest BCUT2D eigenvalue weighted by atomic mass is 10.1. The molecule has 1 heterocycles. The van der Waals surface area contributed by atoms with Gasteiger partial charge in [0, 0.05) is 6.20 Å². The van der Waals surface area contributed by atoms with Crippen molar-refractivity contribution >= 4 is 0 Å². The lowest BCUT2D eigenvalue weighted by Crippen LogP contribution is -1.98. The molecule has 1 aromatic rings. The van der Waals surface area contributed by atoms with Gasteiger partial charge in [-0.25, -0.2) is 0 Å². The summed E-state index contributed by atoms with van der Waals surface area (Å²) in [6, 6.07) is 0. The second-order valence-corrected chi connectivity index (χ2v) is 3.12. The maximum atomic E-state index is 4.41. The first-order chi connectivity index (χ1) is 5.11. The van der Waals surface area contributed by atoms with Crippen molar-refractivity contribution in [2.45, 2.75) is 33.6 Å². The molecule has 0 amide bonds. The molecule has 0 atom stereocenters. The molecule has 0 fully saturated rings. The minimum Gasteiger partial charge on any atom is -0.258 e. The highest BCUT2D eigenvalue weighted by Gasteiger charge is 2.02. The van der Waals surface area contributed by atoms with Gasteiger partial charge in [0.1, 0.15) is 0 Å². The number of aromatic nitrogens is 2. The van der Waals surface area contributed by atoms with Crippen LogP contribution in [0.4, 0.5) is 0 Å². The molecule has 0 N–H and O–H groups in total. The normalized spacial score (nSPS) is 10.6. The van der Waals surface area contributed by atoms with Crippen molar-refractivity contribution in [3.05, 3.63) is 23.3 Å². The van der Waals surface area contributed by atoms with Gasteiger partial charge in [0.25, 0.3) is 0 Å². The minimum absolute atomic E-state index is 0.474. The van der Waals surface area contributed by atoms with Crippen LogP contribution in [-0.4, -0.2) is 9.97 Å². The van der Waals surface area contributed by atoms with Crippen LogP contribution in [0.25, 0.3) is 0 Å². The van der Waals surface area contributed by atoms with Gasteiger partial charge < -0.3 is 0 Å².